The quantitative estimate of drug-likeness (QED) is 0.730. The van der Waals surface area contributed by atoms with Gasteiger partial charge in [-0.25, -0.2) is 4.98 Å². The van der Waals surface area contributed by atoms with E-state index in [-0.39, 0.29) is 23.7 Å². The number of thiazole rings is 1. The molecule has 1 aromatic heterocycles. The maximum absolute atomic E-state index is 12.5. The molecule has 2 aromatic rings. The van der Waals surface area contributed by atoms with Crippen molar-refractivity contribution >= 4 is 23.2 Å². The van der Waals surface area contributed by atoms with Gasteiger partial charge in [0.1, 0.15) is 5.01 Å². The molecule has 0 unspecified atom stereocenters. The maximum Gasteiger partial charge on any atom is 0.244 e. The van der Waals surface area contributed by atoms with Crippen LogP contribution in [0, 0.1) is 23.2 Å². The molecule has 4 aliphatic carbocycles. The Bertz CT molecular complexity index is 873. The first-order valence-corrected chi connectivity index (χ1v) is 11.5. The highest BCUT2D eigenvalue weighted by atomic mass is 32.1. The van der Waals surface area contributed by atoms with Gasteiger partial charge in [0.25, 0.3) is 0 Å². The molecule has 6 heteroatoms. The van der Waals surface area contributed by atoms with E-state index < -0.39 is 0 Å². The number of hydrazine groups is 1. The molecule has 152 valence electrons. The second kappa shape index (κ2) is 7.56. The lowest BCUT2D eigenvalue weighted by Gasteiger charge is -2.56. The first-order chi connectivity index (χ1) is 14.1. The van der Waals surface area contributed by atoms with Crippen molar-refractivity contribution in [2.75, 3.05) is 0 Å². The number of carbonyl (C=O) groups excluding carboxylic acids is 2. The van der Waals surface area contributed by atoms with Gasteiger partial charge >= 0.3 is 0 Å². The predicted octanol–water partition coefficient (Wildman–Crippen LogP) is 4.11. The second-order valence-corrected chi connectivity index (χ2v) is 10.2. The number of carbonyl (C=O) groups is 2. The molecule has 0 spiro atoms. The molecule has 0 saturated heterocycles. The Labute approximate surface area is 175 Å². The van der Waals surface area contributed by atoms with Crippen LogP contribution in [0.4, 0.5) is 0 Å². The van der Waals surface area contributed by atoms with Gasteiger partial charge in [-0.3, -0.25) is 20.4 Å². The van der Waals surface area contributed by atoms with Crippen molar-refractivity contribution < 1.29 is 9.59 Å². The highest BCUT2D eigenvalue weighted by molar-refractivity contribution is 7.13. The van der Waals surface area contributed by atoms with E-state index >= 15 is 0 Å². The van der Waals surface area contributed by atoms with Crippen LogP contribution in [0.25, 0.3) is 10.6 Å². The molecule has 1 aromatic carbocycles. The minimum atomic E-state index is -0.228. The van der Waals surface area contributed by atoms with E-state index in [4.69, 9.17) is 0 Å². The molecule has 6 rings (SSSR count). The average Bonchev–Trinajstić information content (AvgIpc) is 3.14. The highest BCUT2D eigenvalue weighted by Crippen LogP contribution is 2.61. The fourth-order valence-electron chi connectivity index (χ4n) is 6.34. The number of aromatic nitrogens is 1. The summed E-state index contributed by atoms with van der Waals surface area (Å²) in [6, 6.07) is 9.93. The summed E-state index contributed by atoms with van der Waals surface area (Å²) in [6.07, 6.45) is 8.42. The normalized spacial score (nSPS) is 29.6. The lowest BCUT2D eigenvalue weighted by atomic mass is 9.49. The smallest absolute Gasteiger partial charge is 0.244 e. The van der Waals surface area contributed by atoms with Crippen LogP contribution in [0.1, 0.15) is 50.6 Å². The van der Waals surface area contributed by atoms with Gasteiger partial charge < -0.3 is 0 Å². The van der Waals surface area contributed by atoms with Crippen LogP contribution in [-0.2, 0) is 16.0 Å². The number of rotatable bonds is 5. The second-order valence-electron chi connectivity index (χ2n) is 9.38. The number of benzene rings is 1. The molecule has 2 N–H and O–H groups in total. The van der Waals surface area contributed by atoms with Gasteiger partial charge in [-0.15, -0.1) is 11.3 Å². The Kier molecular flexibility index (Phi) is 4.90. The summed E-state index contributed by atoms with van der Waals surface area (Å²) >= 11 is 1.53. The van der Waals surface area contributed by atoms with Gasteiger partial charge in [0.15, 0.2) is 0 Å². The molecule has 0 atom stereocenters. The van der Waals surface area contributed by atoms with Crippen molar-refractivity contribution in [2.45, 2.75) is 51.4 Å². The molecule has 4 aliphatic rings. The van der Waals surface area contributed by atoms with Crippen molar-refractivity contribution in [1.29, 1.82) is 0 Å². The van der Waals surface area contributed by atoms with Crippen molar-refractivity contribution in [3.63, 3.8) is 0 Å². The molecule has 29 heavy (non-hydrogen) atoms. The molecule has 5 nitrogen and oxygen atoms in total. The van der Waals surface area contributed by atoms with Gasteiger partial charge in [-0.2, -0.15) is 0 Å². The minimum absolute atomic E-state index is 0.0523. The Morgan fingerprint density at radius 2 is 1.59 bits per heavy atom. The van der Waals surface area contributed by atoms with Crippen LogP contribution < -0.4 is 10.9 Å². The van der Waals surface area contributed by atoms with Crippen molar-refractivity contribution in [3.05, 3.63) is 41.4 Å². The zero-order valence-corrected chi connectivity index (χ0v) is 17.3. The van der Waals surface area contributed by atoms with Crippen LogP contribution in [0.2, 0.25) is 0 Å². The summed E-state index contributed by atoms with van der Waals surface area (Å²) in [5.41, 5.74) is 7.20. The number of hydrogen-bond donors (Lipinski definition) is 2. The van der Waals surface area contributed by atoms with Gasteiger partial charge in [0.2, 0.25) is 11.8 Å². The van der Waals surface area contributed by atoms with Crippen LogP contribution in [0.5, 0.6) is 0 Å². The minimum Gasteiger partial charge on any atom is -0.273 e. The third-order valence-corrected chi connectivity index (χ3v) is 7.90. The fourth-order valence-corrected chi connectivity index (χ4v) is 7.17. The molecule has 0 radical (unpaired) electrons. The summed E-state index contributed by atoms with van der Waals surface area (Å²) in [6.45, 7) is 0. The van der Waals surface area contributed by atoms with Crippen LogP contribution >= 0.6 is 11.3 Å². The fraction of sp³-hybridized carbons (Fsp3) is 0.522. The van der Waals surface area contributed by atoms with E-state index in [1.807, 2.05) is 35.7 Å². The van der Waals surface area contributed by atoms with Crippen molar-refractivity contribution in [2.24, 2.45) is 23.2 Å². The summed E-state index contributed by atoms with van der Waals surface area (Å²) < 4.78 is 0. The van der Waals surface area contributed by atoms with Gasteiger partial charge in [-0.05, 0) is 61.7 Å². The van der Waals surface area contributed by atoms with Crippen molar-refractivity contribution in [3.8, 4) is 10.6 Å². The van der Waals surface area contributed by atoms with Gasteiger partial charge in [-0.1, -0.05) is 30.3 Å². The van der Waals surface area contributed by atoms with Gasteiger partial charge in [0.05, 0.1) is 12.1 Å². The summed E-state index contributed by atoms with van der Waals surface area (Å²) in [4.78, 5) is 29.3. The van der Waals surface area contributed by atoms with E-state index in [0.717, 1.165) is 34.0 Å². The standard InChI is InChI=1S/C23H27N3O2S/c27-20(9-19-14-29-22(24-19)18-4-2-1-3-5-18)25-26-21(28)13-23-10-15-6-16(11-23)8-17(7-15)12-23/h1-5,14-17H,6-13H2,(H,25,27)(H,26,28). The number of nitrogens with one attached hydrogen (secondary N) is 2. The van der Waals surface area contributed by atoms with E-state index in [2.05, 4.69) is 15.8 Å². The first-order valence-electron chi connectivity index (χ1n) is 10.6. The summed E-state index contributed by atoms with van der Waals surface area (Å²) in [5, 5.41) is 2.80. The Morgan fingerprint density at radius 3 is 2.24 bits per heavy atom. The molecular weight excluding hydrogens is 382 g/mol. The molecule has 2 amide bonds. The van der Waals surface area contributed by atoms with Crippen molar-refractivity contribution in [1.82, 2.24) is 15.8 Å². The number of amides is 2. The third-order valence-electron chi connectivity index (χ3n) is 6.96. The maximum atomic E-state index is 12.5. The Morgan fingerprint density at radius 1 is 0.966 bits per heavy atom. The summed E-state index contributed by atoms with van der Waals surface area (Å²) in [5.74, 6) is 2.20. The monoisotopic (exact) mass is 409 g/mol. The molecule has 1 heterocycles. The average molecular weight is 410 g/mol. The zero-order chi connectivity index (χ0) is 19.8. The summed E-state index contributed by atoms with van der Waals surface area (Å²) in [7, 11) is 0. The number of nitrogens with zero attached hydrogens (tertiary/aromatic N) is 1. The topological polar surface area (TPSA) is 71.1 Å². The zero-order valence-electron chi connectivity index (χ0n) is 16.5. The molecule has 0 aliphatic heterocycles. The molecule has 4 saturated carbocycles. The van der Waals surface area contributed by atoms with Crippen LogP contribution in [0.3, 0.4) is 0 Å². The number of hydrogen-bond acceptors (Lipinski definition) is 4. The SMILES string of the molecule is O=C(Cc1csc(-c2ccccc2)n1)NNC(=O)CC12CC3CC(CC(C3)C1)C2. The van der Waals surface area contributed by atoms with Crippen LogP contribution in [0.15, 0.2) is 35.7 Å². The van der Waals surface area contributed by atoms with E-state index in [9.17, 15) is 9.59 Å². The van der Waals surface area contributed by atoms with E-state index in [0.29, 0.717) is 6.42 Å². The molecular formula is C23H27N3O2S. The van der Waals surface area contributed by atoms with E-state index in [1.54, 1.807) is 0 Å². The van der Waals surface area contributed by atoms with Gasteiger partial charge in [0, 0.05) is 17.4 Å². The Hall–Kier alpha value is -2.21. The highest BCUT2D eigenvalue weighted by Gasteiger charge is 2.51. The van der Waals surface area contributed by atoms with Crippen LogP contribution in [-0.4, -0.2) is 16.8 Å². The lowest BCUT2D eigenvalue weighted by Crippen LogP contribution is -2.50. The molecule has 4 bridgehead atoms. The van der Waals surface area contributed by atoms with E-state index in [1.165, 1.54) is 49.9 Å². The largest absolute Gasteiger partial charge is 0.273 e. The first kappa shape index (κ1) is 18.8. The predicted molar refractivity (Wildman–Crippen MR) is 113 cm³/mol. The molecule has 4 fully saturated rings. The third kappa shape index (κ3) is 4.08. The Balaban J connectivity index is 1.12. The lowest BCUT2D eigenvalue weighted by molar-refractivity contribution is -0.134.